The number of nitrogens with zero attached hydrogens (tertiary/aromatic N) is 3. The van der Waals surface area contributed by atoms with Gasteiger partial charge in [-0.05, 0) is 72.3 Å². The van der Waals surface area contributed by atoms with Gasteiger partial charge in [0.2, 0.25) is 0 Å². The normalized spacial score (nSPS) is 11.1. The molecule has 3 aromatic rings. The van der Waals surface area contributed by atoms with E-state index < -0.39 is 0 Å². The number of hydrogen-bond donors (Lipinski definition) is 0. The molecule has 0 aliphatic heterocycles. The molecule has 1 heterocycles. The Hall–Kier alpha value is -1.60. The zero-order chi connectivity index (χ0) is 18.7. The summed E-state index contributed by atoms with van der Waals surface area (Å²) in [4.78, 5) is 19.6. The van der Waals surface area contributed by atoms with Gasteiger partial charge < -0.3 is 9.47 Å². The molecule has 6 heteroatoms. The van der Waals surface area contributed by atoms with Gasteiger partial charge in [0, 0.05) is 27.2 Å². The number of carbonyl (C=O) groups is 1. The van der Waals surface area contributed by atoms with Gasteiger partial charge in [-0.3, -0.25) is 4.79 Å². The van der Waals surface area contributed by atoms with E-state index in [2.05, 4.69) is 41.0 Å². The SMILES string of the molecule is CCCN(Cc1nc2ccc(Cl)cc2n1CC)C(=O)c1cccc(I)c1. The molecule has 2 aromatic carbocycles. The first kappa shape index (κ1) is 19.2. The van der Waals surface area contributed by atoms with Crippen LogP contribution in [0.3, 0.4) is 0 Å². The monoisotopic (exact) mass is 481 g/mol. The molecular formula is C20H21ClIN3O. The van der Waals surface area contributed by atoms with Crippen molar-refractivity contribution in [2.45, 2.75) is 33.4 Å². The molecule has 3 rings (SSSR count). The molecule has 0 aliphatic carbocycles. The number of carbonyl (C=O) groups excluding carboxylic acids is 1. The van der Waals surface area contributed by atoms with Crippen molar-refractivity contribution in [1.82, 2.24) is 14.5 Å². The fraction of sp³-hybridized carbons (Fsp3) is 0.300. The van der Waals surface area contributed by atoms with E-state index in [1.807, 2.05) is 47.4 Å². The van der Waals surface area contributed by atoms with Gasteiger partial charge in [-0.15, -0.1) is 0 Å². The number of halogens is 2. The van der Waals surface area contributed by atoms with Crippen molar-refractivity contribution in [3.8, 4) is 0 Å². The third-order valence-electron chi connectivity index (χ3n) is 4.29. The van der Waals surface area contributed by atoms with Gasteiger partial charge in [-0.25, -0.2) is 4.98 Å². The van der Waals surface area contributed by atoms with Crippen LogP contribution in [0.15, 0.2) is 42.5 Å². The van der Waals surface area contributed by atoms with Gasteiger partial charge >= 0.3 is 0 Å². The van der Waals surface area contributed by atoms with E-state index >= 15 is 0 Å². The van der Waals surface area contributed by atoms with Gasteiger partial charge in [0.15, 0.2) is 0 Å². The Labute approximate surface area is 172 Å². The second kappa shape index (κ2) is 8.39. The summed E-state index contributed by atoms with van der Waals surface area (Å²) < 4.78 is 3.19. The molecule has 1 aromatic heterocycles. The summed E-state index contributed by atoms with van der Waals surface area (Å²) in [5, 5.41) is 0.694. The largest absolute Gasteiger partial charge is 0.331 e. The number of aromatic nitrogens is 2. The Morgan fingerprint density at radius 3 is 2.73 bits per heavy atom. The molecule has 0 atom stereocenters. The van der Waals surface area contributed by atoms with Crippen molar-refractivity contribution >= 4 is 51.1 Å². The van der Waals surface area contributed by atoms with Crippen LogP contribution >= 0.6 is 34.2 Å². The van der Waals surface area contributed by atoms with E-state index in [0.717, 1.165) is 33.4 Å². The minimum Gasteiger partial charge on any atom is -0.331 e. The fourth-order valence-corrected chi connectivity index (χ4v) is 3.83. The van der Waals surface area contributed by atoms with Crippen LogP contribution in [0.1, 0.15) is 36.5 Å². The average molecular weight is 482 g/mol. The summed E-state index contributed by atoms with van der Waals surface area (Å²) in [5.74, 6) is 0.926. The lowest BCUT2D eigenvalue weighted by Gasteiger charge is -2.22. The second-order valence-electron chi connectivity index (χ2n) is 6.14. The van der Waals surface area contributed by atoms with Crippen molar-refractivity contribution in [1.29, 1.82) is 0 Å². The van der Waals surface area contributed by atoms with Crippen molar-refractivity contribution in [3.05, 3.63) is 62.4 Å². The zero-order valence-corrected chi connectivity index (χ0v) is 17.8. The first-order valence-corrected chi connectivity index (χ1v) is 10.2. The maximum Gasteiger partial charge on any atom is 0.254 e. The first-order valence-electron chi connectivity index (χ1n) is 8.73. The Bertz CT molecular complexity index is 938. The molecule has 0 spiro atoms. The van der Waals surface area contributed by atoms with E-state index in [-0.39, 0.29) is 5.91 Å². The summed E-state index contributed by atoms with van der Waals surface area (Å²) >= 11 is 8.38. The maximum absolute atomic E-state index is 13.0. The zero-order valence-electron chi connectivity index (χ0n) is 14.9. The molecule has 0 saturated heterocycles. The maximum atomic E-state index is 13.0. The number of imidazole rings is 1. The van der Waals surface area contributed by atoms with E-state index in [1.54, 1.807) is 0 Å². The highest BCUT2D eigenvalue weighted by atomic mass is 127. The van der Waals surface area contributed by atoms with Crippen LogP contribution in [-0.4, -0.2) is 26.9 Å². The average Bonchev–Trinajstić information content (AvgIpc) is 2.97. The molecule has 0 saturated carbocycles. The summed E-state index contributed by atoms with van der Waals surface area (Å²) in [6.45, 7) is 6.12. The van der Waals surface area contributed by atoms with Crippen molar-refractivity contribution < 1.29 is 4.79 Å². The fourth-order valence-electron chi connectivity index (χ4n) is 3.12. The number of benzene rings is 2. The summed E-state index contributed by atoms with van der Waals surface area (Å²) in [6.07, 6.45) is 0.897. The van der Waals surface area contributed by atoms with Crippen LogP contribution in [0.4, 0.5) is 0 Å². The Balaban J connectivity index is 1.95. The Kier molecular flexibility index (Phi) is 6.19. The molecule has 0 N–H and O–H groups in total. The summed E-state index contributed by atoms with van der Waals surface area (Å²) in [6, 6.07) is 13.4. The predicted octanol–water partition coefficient (Wildman–Crippen LogP) is 5.37. The first-order chi connectivity index (χ1) is 12.5. The predicted molar refractivity (Wildman–Crippen MR) is 115 cm³/mol. The highest BCUT2D eigenvalue weighted by molar-refractivity contribution is 14.1. The van der Waals surface area contributed by atoms with Gasteiger partial charge in [0.05, 0.1) is 17.6 Å². The molecule has 26 heavy (non-hydrogen) atoms. The minimum atomic E-state index is 0.0399. The third-order valence-corrected chi connectivity index (χ3v) is 5.20. The van der Waals surface area contributed by atoms with Crippen LogP contribution in [0.5, 0.6) is 0 Å². The smallest absolute Gasteiger partial charge is 0.254 e. The Morgan fingerprint density at radius 1 is 1.23 bits per heavy atom. The molecule has 0 unspecified atom stereocenters. The van der Waals surface area contributed by atoms with Gasteiger partial charge in [0.1, 0.15) is 5.82 Å². The lowest BCUT2D eigenvalue weighted by molar-refractivity contribution is 0.0737. The Morgan fingerprint density at radius 2 is 2.04 bits per heavy atom. The van der Waals surface area contributed by atoms with Gasteiger partial charge in [0.25, 0.3) is 5.91 Å². The van der Waals surface area contributed by atoms with E-state index in [4.69, 9.17) is 16.6 Å². The van der Waals surface area contributed by atoms with Crippen LogP contribution in [0, 0.1) is 3.57 Å². The molecule has 1 amide bonds. The lowest BCUT2D eigenvalue weighted by atomic mass is 10.2. The number of hydrogen-bond acceptors (Lipinski definition) is 2. The molecule has 136 valence electrons. The van der Waals surface area contributed by atoms with Crippen molar-refractivity contribution in [2.24, 2.45) is 0 Å². The van der Waals surface area contributed by atoms with E-state index in [0.29, 0.717) is 23.7 Å². The molecular weight excluding hydrogens is 461 g/mol. The van der Waals surface area contributed by atoms with E-state index in [9.17, 15) is 4.79 Å². The molecule has 0 fully saturated rings. The number of fused-ring (bicyclic) bond motifs is 1. The minimum absolute atomic E-state index is 0.0399. The molecule has 4 nitrogen and oxygen atoms in total. The third kappa shape index (κ3) is 4.04. The highest BCUT2D eigenvalue weighted by Crippen LogP contribution is 2.22. The number of rotatable bonds is 6. The summed E-state index contributed by atoms with van der Waals surface area (Å²) in [5.41, 5.74) is 2.63. The molecule has 0 radical (unpaired) electrons. The summed E-state index contributed by atoms with van der Waals surface area (Å²) in [7, 11) is 0. The standard InChI is InChI=1S/C20H21ClIN3O/c1-3-10-24(20(26)14-6-5-7-16(22)11-14)13-19-23-17-9-8-15(21)12-18(17)25(19)4-2/h5-9,11-12H,3-4,10,13H2,1-2H3. The lowest BCUT2D eigenvalue weighted by Crippen LogP contribution is -2.32. The number of aryl methyl sites for hydroxylation is 1. The molecule has 0 bridgehead atoms. The van der Waals surface area contributed by atoms with Gasteiger partial charge in [-0.2, -0.15) is 0 Å². The van der Waals surface area contributed by atoms with Crippen LogP contribution in [0.25, 0.3) is 11.0 Å². The van der Waals surface area contributed by atoms with Crippen LogP contribution < -0.4 is 0 Å². The quantitative estimate of drug-likeness (QED) is 0.444. The van der Waals surface area contributed by atoms with E-state index in [1.165, 1.54) is 0 Å². The number of amides is 1. The van der Waals surface area contributed by atoms with Gasteiger partial charge in [-0.1, -0.05) is 24.6 Å². The second-order valence-corrected chi connectivity index (χ2v) is 7.82. The highest BCUT2D eigenvalue weighted by Gasteiger charge is 2.19. The van der Waals surface area contributed by atoms with Crippen LogP contribution in [0.2, 0.25) is 5.02 Å². The van der Waals surface area contributed by atoms with Crippen molar-refractivity contribution in [2.75, 3.05) is 6.54 Å². The topological polar surface area (TPSA) is 38.1 Å². The van der Waals surface area contributed by atoms with Crippen LogP contribution in [-0.2, 0) is 13.1 Å². The van der Waals surface area contributed by atoms with Crippen molar-refractivity contribution in [3.63, 3.8) is 0 Å². The molecule has 0 aliphatic rings.